The van der Waals surface area contributed by atoms with Gasteiger partial charge in [-0.2, -0.15) is 0 Å². The number of nitrogens with zero attached hydrogens (tertiary/aromatic N) is 11. The second-order valence-corrected chi connectivity index (χ2v) is 21.8. The molecule has 0 spiro atoms. The number of β-amino-alcohol motifs (C(OH)–C–C–N with tert-alkyl or cyclic N) is 1. The van der Waals surface area contributed by atoms with Crippen molar-refractivity contribution in [3.63, 3.8) is 0 Å². The molecule has 2 aromatic carbocycles. The fourth-order valence-electron chi connectivity index (χ4n) is 12.1. The van der Waals surface area contributed by atoms with Crippen LogP contribution >= 0.6 is 11.3 Å². The zero-order valence-electron chi connectivity index (χ0n) is 41.8. The summed E-state index contributed by atoms with van der Waals surface area (Å²) < 4.78 is 5.94. The van der Waals surface area contributed by atoms with Gasteiger partial charge in [0.25, 0.3) is 0 Å². The number of hydrogen-bond donors (Lipinski definition) is 4. The summed E-state index contributed by atoms with van der Waals surface area (Å²) in [6.45, 7) is 11.6. The van der Waals surface area contributed by atoms with Crippen LogP contribution < -0.4 is 25.8 Å². The van der Waals surface area contributed by atoms with Gasteiger partial charge in [-0.05, 0) is 105 Å². The number of rotatable bonds is 13. The second-order valence-electron chi connectivity index (χ2n) is 20.9. The SMILES string of the molecule is Cc1ncsc1-c1ccc(CNC(=O)[C@@H]2C[C@@H](O)CN2C(=O)[C@H](c2cc(N3CCC(N4CCC(c5cnc(N6C7CCC6CN(c6cc(-c8ccccc8O)nnc6N)C7)nc5)CC4)CC3)no2)C(C)C)cc1. The highest BCUT2D eigenvalue weighted by atomic mass is 32.1. The number of nitrogen functional groups attached to an aromatic ring is 1. The van der Waals surface area contributed by atoms with E-state index in [2.05, 4.69) is 57.6 Å². The minimum atomic E-state index is -0.797. The fraction of sp³-hybridized carbons (Fsp3) is 0.481. The molecule has 0 aliphatic carbocycles. The zero-order chi connectivity index (χ0) is 50.3. The molecular weight excluding hydrogens is 943 g/mol. The molecule has 5 aliphatic rings. The van der Waals surface area contributed by atoms with Gasteiger partial charge in [0.1, 0.15) is 17.7 Å². The Hall–Kier alpha value is -6.70. The van der Waals surface area contributed by atoms with Crippen molar-refractivity contribution < 1.29 is 24.3 Å². The van der Waals surface area contributed by atoms with E-state index in [1.807, 2.05) is 74.8 Å². The molecule has 2 bridgehead atoms. The Kier molecular flexibility index (Phi) is 13.7. The highest BCUT2D eigenvalue weighted by molar-refractivity contribution is 7.13. The van der Waals surface area contributed by atoms with Gasteiger partial charge in [-0.3, -0.25) is 9.59 Å². The first-order valence-electron chi connectivity index (χ1n) is 25.9. The Balaban J connectivity index is 0.651. The molecule has 2 amide bonds. The first-order valence-corrected chi connectivity index (χ1v) is 26.8. The summed E-state index contributed by atoms with van der Waals surface area (Å²) in [7, 11) is 0. The number of amides is 2. The summed E-state index contributed by atoms with van der Waals surface area (Å²) in [4.78, 5) is 54.5. The lowest BCUT2D eigenvalue weighted by Crippen LogP contribution is -2.54. The van der Waals surface area contributed by atoms with Gasteiger partial charge in [-0.25, -0.2) is 15.0 Å². The summed E-state index contributed by atoms with van der Waals surface area (Å²) in [5.74, 6) is 1.65. The molecule has 0 saturated carbocycles. The number of phenols is 1. The van der Waals surface area contributed by atoms with Crippen LogP contribution in [0.5, 0.6) is 5.75 Å². The van der Waals surface area contributed by atoms with Crippen molar-refractivity contribution in [1.29, 1.82) is 0 Å². The summed E-state index contributed by atoms with van der Waals surface area (Å²) in [6.07, 6.45) is 9.73. The molecular formula is C54H65N13O5S. The number of aliphatic hydroxyl groups is 1. The first kappa shape index (κ1) is 48.6. The maximum Gasteiger partial charge on any atom is 0.243 e. The van der Waals surface area contributed by atoms with Crippen LogP contribution in [0.1, 0.15) is 93.2 Å². The number of phenolic OH excluding ortho intramolecular Hbond substituents is 1. The van der Waals surface area contributed by atoms with Crippen molar-refractivity contribution in [3.8, 4) is 27.4 Å². The van der Waals surface area contributed by atoms with E-state index >= 15 is 0 Å². The predicted molar refractivity (Wildman–Crippen MR) is 280 cm³/mol. The van der Waals surface area contributed by atoms with Gasteiger partial charge in [0.05, 0.1) is 33.6 Å². The molecule has 5 saturated heterocycles. The van der Waals surface area contributed by atoms with Crippen molar-refractivity contribution in [1.82, 2.24) is 45.4 Å². The van der Waals surface area contributed by atoms with E-state index in [4.69, 9.17) is 20.2 Å². The van der Waals surface area contributed by atoms with E-state index in [-0.39, 0.29) is 48.5 Å². The molecule has 5 fully saturated rings. The molecule has 9 heterocycles. The molecule has 5 aliphatic heterocycles. The molecule has 19 heteroatoms. The predicted octanol–water partition coefficient (Wildman–Crippen LogP) is 6.37. The molecule has 5 atom stereocenters. The molecule has 2 unspecified atom stereocenters. The molecule has 382 valence electrons. The summed E-state index contributed by atoms with van der Waals surface area (Å²) in [5, 5.41) is 37.2. The number of likely N-dealkylation sites (tertiary alicyclic amines) is 2. The van der Waals surface area contributed by atoms with E-state index < -0.39 is 18.1 Å². The largest absolute Gasteiger partial charge is 0.507 e. The van der Waals surface area contributed by atoms with Crippen LogP contribution in [0, 0.1) is 12.8 Å². The van der Waals surface area contributed by atoms with E-state index in [9.17, 15) is 19.8 Å². The lowest BCUT2D eigenvalue weighted by molar-refractivity contribution is -0.141. The van der Waals surface area contributed by atoms with Crippen LogP contribution in [0.25, 0.3) is 21.7 Å². The number of aromatic nitrogens is 6. The van der Waals surface area contributed by atoms with Crippen LogP contribution in [0.4, 0.5) is 23.3 Å². The maximum atomic E-state index is 14.3. The number of aryl methyl sites for hydroxylation is 1. The van der Waals surface area contributed by atoms with Crippen LogP contribution in [-0.4, -0.2) is 138 Å². The lowest BCUT2D eigenvalue weighted by Gasteiger charge is -2.42. The standard InChI is InChI=1S/C54H65N13O5S/c1-32(2)49(53(71)66-30-41(68)22-45(66)52(70)56-25-34-8-10-36(11-9-34)50-33(3)59-31-73-50)47-24-48(62-72-47)64-20-16-38(17-21-64)63-18-14-35(15-19-63)37-26-57-54(58-27-37)67-39-12-13-40(67)29-65(28-39)44-23-43(60-61-51(44)55)42-6-4-5-7-46(42)69/h4-11,23-24,26-27,31-32,35,38-41,45,49,68-69H,12-22,25,28-30H2,1-3H3,(H2,55,61)(H,56,70)/t39?,40?,41-,45+,49+/m1/s1. The number of aliphatic hydroxyl groups excluding tert-OH is 1. The third-order valence-corrected chi connectivity index (χ3v) is 17.0. The molecule has 6 aromatic rings. The average Bonchev–Trinajstić information content (AvgIpc) is 4.22. The van der Waals surface area contributed by atoms with Gasteiger partial charge in [0.15, 0.2) is 17.4 Å². The Morgan fingerprint density at radius 1 is 0.863 bits per heavy atom. The summed E-state index contributed by atoms with van der Waals surface area (Å²) in [5.41, 5.74) is 14.5. The average molecular weight is 1010 g/mol. The molecule has 5 N–H and O–H groups in total. The number of carbonyl (C=O) groups excluding carboxylic acids is 2. The maximum absolute atomic E-state index is 14.3. The number of para-hydroxylation sites is 1. The van der Waals surface area contributed by atoms with Gasteiger partial charge >= 0.3 is 0 Å². The number of carbonyl (C=O) groups is 2. The van der Waals surface area contributed by atoms with Crippen molar-refractivity contribution in [2.24, 2.45) is 5.92 Å². The molecule has 11 rings (SSSR count). The Morgan fingerprint density at radius 2 is 1.59 bits per heavy atom. The lowest BCUT2D eigenvalue weighted by atomic mass is 9.89. The van der Waals surface area contributed by atoms with Gasteiger partial charge < -0.3 is 50.3 Å². The minimum absolute atomic E-state index is 0.0868. The van der Waals surface area contributed by atoms with E-state index in [1.165, 1.54) is 10.5 Å². The van der Waals surface area contributed by atoms with E-state index in [1.54, 1.807) is 23.5 Å². The van der Waals surface area contributed by atoms with Crippen LogP contribution in [0.15, 0.2) is 83.1 Å². The van der Waals surface area contributed by atoms with Gasteiger partial charge in [-0.15, -0.1) is 21.5 Å². The second kappa shape index (κ2) is 20.7. The highest BCUT2D eigenvalue weighted by Gasteiger charge is 2.45. The number of nitrogens with two attached hydrogens (primary N) is 1. The number of anilines is 4. The zero-order valence-corrected chi connectivity index (χ0v) is 42.6. The van der Waals surface area contributed by atoms with Crippen LogP contribution in [-0.2, 0) is 16.1 Å². The number of nitrogens with one attached hydrogen (secondary N) is 1. The number of benzene rings is 2. The number of thiazole rings is 1. The highest BCUT2D eigenvalue weighted by Crippen LogP contribution is 2.40. The third kappa shape index (κ3) is 9.93. The van der Waals surface area contributed by atoms with Crippen molar-refractivity contribution >= 4 is 46.4 Å². The Bertz CT molecular complexity index is 2880. The smallest absolute Gasteiger partial charge is 0.243 e. The van der Waals surface area contributed by atoms with Crippen LogP contribution in [0.3, 0.4) is 0 Å². The van der Waals surface area contributed by atoms with Crippen molar-refractivity contribution in [3.05, 3.63) is 101 Å². The monoisotopic (exact) mass is 1010 g/mol. The Morgan fingerprint density at radius 3 is 2.27 bits per heavy atom. The molecule has 73 heavy (non-hydrogen) atoms. The molecule has 4 aromatic heterocycles. The van der Waals surface area contributed by atoms with Gasteiger partial charge in [0.2, 0.25) is 17.8 Å². The van der Waals surface area contributed by atoms with Gasteiger partial charge in [0, 0.05) is 87.8 Å². The number of hydrogen-bond acceptors (Lipinski definition) is 17. The number of piperazine rings is 1. The van der Waals surface area contributed by atoms with Crippen molar-refractivity contribution in [2.75, 3.05) is 66.2 Å². The number of fused-ring (bicyclic) bond motifs is 2. The van der Waals surface area contributed by atoms with Gasteiger partial charge in [-0.1, -0.05) is 55.4 Å². The number of aromatic hydroxyl groups is 1. The first-order chi connectivity index (χ1) is 35.4. The summed E-state index contributed by atoms with van der Waals surface area (Å²) >= 11 is 1.60. The quantitative estimate of drug-likeness (QED) is 0.0989. The summed E-state index contributed by atoms with van der Waals surface area (Å²) in [6, 6.07) is 19.2. The minimum Gasteiger partial charge on any atom is -0.507 e. The van der Waals surface area contributed by atoms with Crippen molar-refractivity contribution in [2.45, 2.75) is 114 Å². The normalized spacial score (nSPS) is 22.4. The topological polar surface area (TPSA) is 219 Å². The third-order valence-electron chi connectivity index (χ3n) is 16.0. The Labute approximate surface area is 429 Å². The fourth-order valence-corrected chi connectivity index (χ4v) is 12.9. The van der Waals surface area contributed by atoms with E-state index in [0.29, 0.717) is 41.3 Å². The molecule has 18 nitrogen and oxygen atoms in total. The van der Waals surface area contributed by atoms with E-state index in [0.717, 1.165) is 117 Å². The molecule has 0 radical (unpaired) electrons. The number of piperidine rings is 2. The van der Waals surface area contributed by atoms with Crippen LogP contribution in [0.2, 0.25) is 0 Å².